The highest BCUT2D eigenvalue weighted by atomic mass is 32.1. The van der Waals surface area contributed by atoms with Gasteiger partial charge in [-0.1, -0.05) is 5.92 Å². The van der Waals surface area contributed by atoms with Gasteiger partial charge in [-0.3, -0.25) is 9.69 Å². The van der Waals surface area contributed by atoms with Crippen LogP contribution in [-0.2, 0) is 0 Å². The molecule has 3 aromatic heterocycles. The molecule has 0 radical (unpaired) electrons. The number of imidazole rings is 1. The molecular weight excluding hydrogens is 396 g/mol. The quantitative estimate of drug-likeness (QED) is 0.445. The number of pyridine rings is 1. The maximum Gasteiger partial charge on any atom is 0.261 e. The minimum absolute atomic E-state index is 0.232. The first-order valence-electron chi connectivity index (χ1n) is 9.90. The zero-order chi connectivity index (χ0) is 20.7. The van der Waals surface area contributed by atoms with Crippen molar-refractivity contribution in [2.45, 2.75) is 6.92 Å². The van der Waals surface area contributed by atoms with Crippen LogP contribution in [0.25, 0.3) is 32.6 Å². The molecule has 1 saturated heterocycles. The summed E-state index contributed by atoms with van der Waals surface area (Å²) in [6.45, 7) is 6.61. The van der Waals surface area contributed by atoms with Crippen molar-refractivity contribution in [3.8, 4) is 23.2 Å². The molecule has 1 fully saturated rings. The van der Waals surface area contributed by atoms with Crippen LogP contribution >= 0.6 is 11.3 Å². The van der Waals surface area contributed by atoms with Gasteiger partial charge in [0.2, 0.25) is 0 Å². The number of nitrogen functional groups attached to an aromatic ring is 1. The first kappa shape index (κ1) is 18.7. The lowest BCUT2D eigenvalue weighted by atomic mass is 10.2. The average Bonchev–Trinajstić information content (AvgIpc) is 3.39. The van der Waals surface area contributed by atoms with E-state index in [-0.39, 0.29) is 5.56 Å². The van der Waals surface area contributed by atoms with Gasteiger partial charge in [0.1, 0.15) is 11.4 Å². The Balaban J connectivity index is 1.45. The Kier molecular flexibility index (Phi) is 4.69. The summed E-state index contributed by atoms with van der Waals surface area (Å²) in [6.07, 6.45) is 0. The van der Waals surface area contributed by atoms with E-state index in [4.69, 9.17) is 5.73 Å². The van der Waals surface area contributed by atoms with Crippen LogP contribution in [0.5, 0.6) is 0 Å². The van der Waals surface area contributed by atoms with E-state index in [9.17, 15) is 4.79 Å². The third-order valence-electron chi connectivity index (χ3n) is 5.57. The molecule has 1 aliphatic rings. The Morgan fingerprint density at radius 2 is 2.00 bits per heavy atom. The van der Waals surface area contributed by atoms with Gasteiger partial charge in [-0.25, -0.2) is 4.98 Å². The van der Waals surface area contributed by atoms with Gasteiger partial charge in [0.25, 0.3) is 5.56 Å². The number of aromatic amines is 2. The Hall–Kier alpha value is -3.28. The molecule has 4 N–H and O–H groups in total. The molecule has 0 unspecified atom stereocenters. The van der Waals surface area contributed by atoms with Crippen LogP contribution in [0, 0.1) is 11.8 Å². The van der Waals surface area contributed by atoms with E-state index in [1.807, 2.05) is 24.4 Å². The third-order valence-corrected chi connectivity index (χ3v) is 6.52. The molecule has 5 rings (SSSR count). The number of aromatic nitrogens is 3. The van der Waals surface area contributed by atoms with E-state index in [0.29, 0.717) is 17.1 Å². The lowest BCUT2D eigenvalue weighted by Gasteiger charge is -2.35. The average molecular weight is 419 g/mol. The van der Waals surface area contributed by atoms with Gasteiger partial charge in [-0.15, -0.1) is 17.3 Å². The molecule has 0 spiro atoms. The number of nitrogens with two attached hydrogens (primary N) is 1. The summed E-state index contributed by atoms with van der Waals surface area (Å²) in [5.74, 6) is 6.60. The van der Waals surface area contributed by atoms with E-state index in [1.165, 1.54) is 11.3 Å². The molecule has 0 aliphatic carbocycles. The molecule has 30 heavy (non-hydrogen) atoms. The topological polar surface area (TPSA) is 94.0 Å². The second kappa shape index (κ2) is 7.52. The summed E-state index contributed by atoms with van der Waals surface area (Å²) >= 11 is 1.51. The van der Waals surface area contributed by atoms with Gasteiger partial charge >= 0.3 is 0 Å². The number of anilines is 2. The molecule has 1 aliphatic heterocycles. The molecule has 7 nitrogen and oxygen atoms in total. The molecule has 0 saturated carbocycles. The summed E-state index contributed by atoms with van der Waals surface area (Å²) in [5, 5.41) is 1.92. The molecule has 0 amide bonds. The molecule has 4 aromatic rings. The fourth-order valence-corrected chi connectivity index (χ4v) is 4.76. The summed E-state index contributed by atoms with van der Waals surface area (Å²) < 4.78 is 0.872. The van der Waals surface area contributed by atoms with Crippen LogP contribution < -0.4 is 16.2 Å². The Morgan fingerprint density at radius 1 is 1.17 bits per heavy atom. The summed E-state index contributed by atoms with van der Waals surface area (Å²) in [6, 6.07) is 8.04. The van der Waals surface area contributed by atoms with Crippen LogP contribution in [0.1, 0.15) is 6.92 Å². The first-order chi connectivity index (χ1) is 14.6. The van der Waals surface area contributed by atoms with Gasteiger partial charge in [0.15, 0.2) is 0 Å². The lowest BCUT2D eigenvalue weighted by molar-refractivity contribution is 0.288. The van der Waals surface area contributed by atoms with Crippen molar-refractivity contribution in [1.29, 1.82) is 0 Å². The summed E-state index contributed by atoms with van der Waals surface area (Å²) in [5.41, 5.74) is 10.6. The smallest absolute Gasteiger partial charge is 0.261 e. The van der Waals surface area contributed by atoms with Crippen molar-refractivity contribution < 1.29 is 0 Å². The number of thiophene rings is 1. The van der Waals surface area contributed by atoms with E-state index in [2.05, 4.69) is 48.7 Å². The molecular formula is C22H22N6OS. The SMILES string of the molecule is CC#CCN1CCN(c2ccc3nc(-c4c(N)c5sccc5[nH]c4=O)[nH]c3c2)CC1. The Morgan fingerprint density at radius 3 is 2.80 bits per heavy atom. The Bertz CT molecular complexity index is 1350. The lowest BCUT2D eigenvalue weighted by Crippen LogP contribution is -2.46. The molecule has 1 aromatic carbocycles. The van der Waals surface area contributed by atoms with Crippen molar-refractivity contribution in [3.05, 3.63) is 40.0 Å². The van der Waals surface area contributed by atoms with Crippen molar-refractivity contribution >= 4 is 44.0 Å². The number of H-pyrrole nitrogens is 2. The molecule has 0 bridgehead atoms. The van der Waals surface area contributed by atoms with E-state index >= 15 is 0 Å². The van der Waals surface area contributed by atoms with Crippen LogP contribution in [0.3, 0.4) is 0 Å². The zero-order valence-electron chi connectivity index (χ0n) is 16.7. The number of benzene rings is 1. The van der Waals surface area contributed by atoms with Crippen molar-refractivity contribution in [3.63, 3.8) is 0 Å². The largest absolute Gasteiger partial charge is 0.397 e. The fourth-order valence-electron chi connectivity index (χ4n) is 3.94. The fraction of sp³-hybridized carbons (Fsp3) is 0.273. The Labute approximate surface area is 177 Å². The van der Waals surface area contributed by atoms with E-state index < -0.39 is 0 Å². The highest BCUT2D eigenvalue weighted by Gasteiger charge is 2.19. The maximum atomic E-state index is 12.6. The van der Waals surface area contributed by atoms with Crippen LogP contribution in [0.4, 0.5) is 11.4 Å². The highest BCUT2D eigenvalue weighted by Crippen LogP contribution is 2.32. The molecule has 0 atom stereocenters. The highest BCUT2D eigenvalue weighted by molar-refractivity contribution is 7.17. The normalized spacial score (nSPS) is 14.9. The molecule has 8 heteroatoms. The number of nitrogens with zero attached hydrogens (tertiary/aromatic N) is 3. The first-order valence-corrected chi connectivity index (χ1v) is 10.8. The second-order valence-electron chi connectivity index (χ2n) is 7.38. The van der Waals surface area contributed by atoms with Crippen LogP contribution in [0.2, 0.25) is 0 Å². The number of piperazine rings is 1. The van der Waals surface area contributed by atoms with Gasteiger partial charge < -0.3 is 20.6 Å². The minimum atomic E-state index is -0.232. The number of fused-ring (bicyclic) bond motifs is 2. The number of rotatable bonds is 3. The van der Waals surface area contributed by atoms with Crippen LogP contribution in [0.15, 0.2) is 34.4 Å². The van der Waals surface area contributed by atoms with Crippen molar-refractivity contribution in [2.24, 2.45) is 0 Å². The molecule has 4 heterocycles. The number of hydrogen-bond donors (Lipinski definition) is 3. The van der Waals surface area contributed by atoms with Crippen LogP contribution in [-0.4, -0.2) is 52.6 Å². The van der Waals surface area contributed by atoms with E-state index in [0.717, 1.165) is 59.7 Å². The maximum absolute atomic E-state index is 12.6. The monoisotopic (exact) mass is 418 g/mol. The standard InChI is InChI=1S/C22H22N6OS/c1-2-3-7-27-8-10-28(11-9-27)14-4-5-15-17(13-14)25-21(24-15)18-19(23)20-16(6-12-30-20)26-22(18)29/h4-6,12-13H,7-11H2,1H3,(H,24,25)(H3,23,26,29). The van der Waals surface area contributed by atoms with Gasteiger partial charge in [-0.05, 0) is 36.6 Å². The number of hydrogen-bond acceptors (Lipinski definition) is 6. The van der Waals surface area contributed by atoms with Gasteiger partial charge in [0, 0.05) is 31.9 Å². The predicted molar refractivity (Wildman–Crippen MR) is 124 cm³/mol. The van der Waals surface area contributed by atoms with Crippen molar-refractivity contribution in [2.75, 3.05) is 43.4 Å². The zero-order valence-corrected chi connectivity index (χ0v) is 17.5. The number of nitrogens with one attached hydrogen (secondary N) is 2. The van der Waals surface area contributed by atoms with Crippen molar-refractivity contribution in [1.82, 2.24) is 19.9 Å². The second-order valence-corrected chi connectivity index (χ2v) is 8.30. The molecule has 152 valence electrons. The van der Waals surface area contributed by atoms with Gasteiger partial charge in [-0.2, -0.15) is 0 Å². The van der Waals surface area contributed by atoms with E-state index in [1.54, 1.807) is 0 Å². The predicted octanol–water partition coefficient (Wildman–Crippen LogP) is 2.86. The summed E-state index contributed by atoms with van der Waals surface area (Å²) in [4.78, 5) is 28.2. The van der Waals surface area contributed by atoms with Gasteiger partial charge in [0.05, 0.1) is 33.5 Å². The summed E-state index contributed by atoms with van der Waals surface area (Å²) in [7, 11) is 0. The minimum Gasteiger partial charge on any atom is -0.397 e. The third kappa shape index (κ3) is 3.22.